The highest BCUT2D eigenvalue weighted by atomic mass is 16.2. The highest BCUT2D eigenvalue weighted by Crippen LogP contribution is 2.28. The Kier molecular flexibility index (Phi) is 5.64. The molecule has 0 unspecified atom stereocenters. The second kappa shape index (κ2) is 6.55. The Morgan fingerprint density at radius 1 is 1.22 bits per heavy atom. The zero-order valence-electron chi connectivity index (χ0n) is 12.8. The van der Waals surface area contributed by atoms with Crippen molar-refractivity contribution in [1.29, 1.82) is 0 Å². The van der Waals surface area contributed by atoms with Gasteiger partial charge >= 0.3 is 0 Å². The predicted molar refractivity (Wildman–Crippen MR) is 76.6 cm³/mol. The first kappa shape index (κ1) is 15.5. The minimum atomic E-state index is -0.215. The Morgan fingerprint density at radius 3 is 2.22 bits per heavy atom. The quantitative estimate of drug-likeness (QED) is 0.818. The molecule has 0 aliphatic heterocycles. The number of amides is 1. The van der Waals surface area contributed by atoms with Crippen LogP contribution in [0.3, 0.4) is 0 Å². The van der Waals surface area contributed by atoms with Crippen molar-refractivity contribution in [3.63, 3.8) is 0 Å². The van der Waals surface area contributed by atoms with Gasteiger partial charge in [-0.3, -0.25) is 4.79 Å². The Bertz CT molecular complexity index is 268. The zero-order chi connectivity index (χ0) is 13.8. The molecule has 0 aromatic heterocycles. The lowest BCUT2D eigenvalue weighted by molar-refractivity contribution is -0.142. The fraction of sp³-hybridized carbons (Fsp3) is 0.933. The van der Waals surface area contributed by atoms with Crippen molar-refractivity contribution >= 4 is 5.91 Å². The minimum Gasteiger partial charge on any atom is -0.342 e. The van der Waals surface area contributed by atoms with Crippen molar-refractivity contribution in [3.05, 3.63) is 0 Å². The predicted octanol–water partition coefficient (Wildman–Crippen LogP) is 2.80. The van der Waals surface area contributed by atoms with E-state index in [2.05, 4.69) is 33.0 Å². The van der Waals surface area contributed by atoms with Crippen LogP contribution in [0, 0.1) is 5.41 Å². The third kappa shape index (κ3) is 3.71. The molecule has 3 heteroatoms. The van der Waals surface area contributed by atoms with Crippen LogP contribution in [0.25, 0.3) is 0 Å². The van der Waals surface area contributed by atoms with Crippen molar-refractivity contribution in [2.45, 2.75) is 71.9 Å². The summed E-state index contributed by atoms with van der Waals surface area (Å²) in [7, 11) is 1.98. The van der Waals surface area contributed by atoms with Crippen molar-refractivity contribution in [3.8, 4) is 0 Å². The minimum absolute atomic E-state index is 0.215. The first-order chi connectivity index (χ1) is 8.42. The van der Waals surface area contributed by atoms with E-state index in [-0.39, 0.29) is 5.41 Å². The third-order valence-corrected chi connectivity index (χ3v) is 4.52. The monoisotopic (exact) mass is 254 g/mol. The van der Waals surface area contributed by atoms with Crippen LogP contribution in [0.1, 0.15) is 59.8 Å². The molecule has 0 aromatic rings. The molecular weight excluding hydrogens is 224 g/mol. The van der Waals surface area contributed by atoms with Crippen molar-refractivity contribution in [2.75, 3.05) is 13.6 Å². The van der Waals surface area contributed by atoms with Gasteiger partial charge in [-0.25, -0.2) is 0 Å². The average Bonchev–Trinajstić information content (AvgIpc) is 2.38. The summed E-state index contributed by atoms with van der Waals surface area (Å²) in [5.74, 6) is 0.303. The third-order valence-electron chi connectivity index (χ3n) is 4.52. The number of hydrogen-bond acceptors (Lipinski definition) is 2. The summed E-state index contributed by atoms with van der Waals surface area (Å²) in [6.07, 6.45) is 5.58. The lowest BCUT2D eigenvalue weighted by atomic mass is 9.85. The van der Waals surface area contributed by atoms with Crippen LogP contribution >= 0.6 is 0 Å². The largest absolute Gasteiger partial charge is 0.342 e. The van der Waals surface area contributed by atoms with Gasteiger partial charge in [0.25, 0.3) is 0 Å². The molecule has 0 heterocycles. The van der Waals surface area contributed by atoms with Crippen LogP contribution in [-0.4, -0.2) is 36.5 Å². The van der Waals surface area contributed by atoms with E-state index in [1.54, 1.807) is 0 Å². The van der Waals surface area contributed by atoms with Crippen molar-refractivity contribution in [1.82, 2.24) is 10.2 Å². The lowest BCUT2D eigenvalue weighted by Crippen LogP contribution is -2.47. The van der Waals surface area contributed by atoms with Gasteiger partial charge < -0.3 is 10.2 Å². The maximum Gasteiger partial charge on any atom is 0.228 e. The summed E-state index contributed by atoms with van der Waals surface area (Å²) >= 11 is 0. The van der Waals surface area contributed by atoms with Crippen LogP contribution in [0.2, 0.25) is 0 Å². The molecule has 1 N–H and O–H groups in total. The Balaban J connectivity index is 2.49. The van der Waals surface area contributed by atoms with E-state index in [4.69, 9.17) is 0 Å². The molecule has 0 saturated heterocycles. The Hall–Kier alpha value is -0.570. The fourth-order valence-electron chi connectivity index (χ4n) is 2.75. The molecule has 1 rings (SSSR count). The summed E-state index contributed by atoms with van der Waals surface area (Å²) < 4.78 is 0. The molecule has 1 amide bonds. The molecule has 0 spiro atoms. The number of carbonyl (C=O) groups is 1. The van der Waals surface area contributed by atoms with Gasteiger partial charge in [0.2, 0.25) is 5.91 Å². The van der Waals surface area contributed by atoms with E-state index >= 15 is 0 Å². The number of carbonyl (C=O) groups excluding carboxylic acids is 1. The van der Waals surface area contributed by atoms with Crippen molar-refractivity contribution < 1.29 is 4.79 Å². The molecule has 18 heavy (non-hydrogen) atoms. The van der Waals surface area contributed by atoms with Crippen LogP contribution in [0.5, 0.6) is 0 Å². The summed E-state index contributed by atoms with van der Waals surface area (Å²) in [6, 6.07) is 1.10. The number of nitrogens with zero attached hydrogens (tertiary/aromatic N) is 1. The van der Waals surface area contributed by atoms with Gasteiger partial charge in [-0.1, -0.05) is 27.7 Å². The Labute approximate surface area is 112 Å². The SMILES string of the molecule is CCNC1CCC(N(C)C(=O)C(C)(C)CC)CC1. The average molecular weight is 254 g/mol. The molecule has 1 saturated carbocycles. The topological polar surface area (TPSA) is 32.3 Å². The molecule has 106 valence electrons. The molecule has 3 nitrogen and oxygen atoms in total. The highest BCUT2D eigenvalue weighted by Gasteiger charge is 2.33. The van der Waals surface area contributed by atoms with Crippen LogP contribution in [0.4, 0.5) is 0 Å². The van der Waals surface area contributed by atoms with Crippen LogP contribution < -0.4 is 5.32 Å². The van der Waals surface area contributed by atoms with Gasteiger partial charge in [-0.2, -0.15) is 0 Å². The maximum absolute atomic E-state index is 12.4. The van der Waals surface area contributed by atoms with Crippen molar-refractivity contribution in [2.24, 2.45) is 5.41 Å². The van der Waals surface area contributed by atoms with Gasteiger partial charge in [-0.15, -0.1) is 0 Å². The van der Waals surface area contributed by atoms with E-state index in [0.717, 1.165) is 25.8 Å². The van der Waals surface area contributed by atoms with E-state index < -0.39 is 0 Å². The molecule has 0 radical (unpaired) electrons. The lowest BCUT2D eigenvalue weighted by Gasteiger charge is -2.38. The van der Waals surface area contributed by atoms with E-state index in [9.17, 15) is 4.79 Å². The van der Waals surface area contributed by atoms with Crippen LogP contribution in [0.15, 0.2) is 0 Å². The second-order valence-corrected chi connectivity index (χ2v) is 6.22. The Morgan fingerprint density at radius 2 is 1.78 bits per heavy atom. The van der Waals surface area contributed by atoms with E-state index in [1.165, 1.54) is 12.8 Å². The molecule has 1 fully saturated rings. The molecule has 0 aromatic carbocycles. The normalized spacial score (nSPS) is 24.9. The first-order valence-corrected chi connectivity index (χ1v) is 7.43. The maximum atomic E-state index is 12.4. The molecule has 0 bridgehead atoms. The van der Waals surface area contributed by atoms with Gasteiger partial charge in [-0.05, 0) is 38.6 Å². The first-order valence-electron chi connectivity index (χ1n) is 7.43. The van der Waals surface area contributed by atoms with Gasteiger partial charge in [0.1, 0.15) is 0 Å². The van der Waals surface area contributed by atoms with E-state index in [1.807, 2.05) is 11.9 Å². The second-order valence-electron chi connectivity index (χ2n) is 6.22. The smallest absolute Gasteiger partial charge is 0.228 e. The van der Waals surface area contributed by atoms with E-state index in [0.29, 0.717) is 18.0 Å². The summed E-state index contributed by atoms with van der Waals surface area (Å²) in [4.78, 5) is 14.4. The van der Waals surface area contributed by atoms with Gasteiger partial charge in [0, 0.05) is 24.5 Å². The number of nitrogens with one attached hydrogen (secondary N) is 1. The zero-order valence-corrected chi connectivity index (χ0v) is 12.8. The summed E-state index contributed by atoms with van der Waals surface area (Å²) in [6.45, 7) is 9.40. The molecule has 1 aliphatic carbocycles. The number of rotatable bonds is 5. The van der Waals surface area contributed by atoms with Crippen LogP contribution in [-0.2, 0) is 4.79 Å². The highest BCUT2D eigenvalue weighted by molar-refractivity contribution is 5.81. The summed E-state index contributed by atoms with van der Waals surface area (Å²) in [5.41, 5.74) is -0.215. The molecule has 0 atom stereocenters. The van der Waals surface area contributed by atoms with Gasteiger partial charge in [0.15, 0.2) is 0 Å². The fourth-order valence-corrected chi connectivity index (χ4v) is 2.75. The number of hydrogen-bond donors (Lipinski definition) is 1. The van der Waals surface area contributed by atoms with Gasteiger partial charge in [0.05, 0.1) is 0 Å². The summed E-state index contributed by atoms with van der Waals surface area (Å²) in [5, 5.41) is 3.51. The molecular formula is C15H30N2O. The standard InChI is InChI=1S/C15H30N2O/c1-6-15(3,4)14(18)17(5)13-10-8-12(9-11-13)16-7-2/h12-13,16H,6-11H2,1-5H3. The molecule has 1 aliphatic rings.